The Hall–Kier alpha value is 0.580. The van der Waals surface area contributed by atoms with E-state index in [9.17, 15) is 0 Å². The predicted octanol–water partition coefficient (Wildman–Crippen LogP) is 3.62. The smallest absolute Gasteiger partial charge is 0.105 e. The van der Waals surface area contributed by atoms with E-state index in [1.165, 1.54) is 6.42 Å². The van der Waals surface area contributed by atoms with Crippen molar-refractivity contribution in [2.75, 3.05) is 0 Å². The van der Waals surface area contributed by atoms with Gasteiger partial charge in [0.2, 0.25) is 0 Å². The SMILES string of the molecule is CCCC(CC)C(Cl)Cl. The lowest BCUT2D eigenvalue weighted by atomic mass is 10.0. The van der Waals surface area contributed by atoms with Gasteiger partial charge in [0.05, 0.1) is 0 Å². The zero-order valence-corrected chi connectivity index (χ0v) is 7.54. The lowest BCUT2D eigenvalue weighted by molar-refractivity contribution is 0.494. The summed E-state index contributed by atoms with van der Waals surface area (Å²) in [6.07, 6.45) is 3.41. The Balaban J connectivity index is 3.41. The van der Waals surface area contributed by atoms with Gasteiger partial charge in [-0.25, -0.2) is 0 Å². The van der Waals surface area contributed by atoms with E-state index in [2.05, 4.69) is 13.8 Å². The highest BCUT2D eigenvalue weighted by atomic mass is 35.5. The molecule has 0 aliphatic carbocycles. The summed E-state index contributed by atoms with van der Waals surface area (Å²) in [5.41, 5.74) is 0. The Labute approximate surface area is 67.5 Å². The number of alkyl halides is 2. The maximum atomic E-state index is 5.69. The minimum Gasteiger partial charge on any atom is -0.105 e. The first-order chi connectivity index (χ1) is 4.22. The summed E-state index contributed by atoms with van der Waals surface area (Å²) in [6.45, 7) is 4.27. The fraction of sp³-hybridized carbons (Fsp3) is 1.00. The first-order valence-corrected chi connectivity index (χ1v) is 4.37. The Morgan fingerprint density at radius 3 is 1.89 bits per heavy atom. The second kappa shape index (κ2) is 5.37. The normalized spacial score (nSPS) is 14.3. The number of rotatable bonds is 4. The van der Waals surface area contributed by atoms with Gasteiger partial charge in [0.25, 0.3) is 0 Å². The molecule has 0 aromatic rings. The van der Waals surface area contributed by atoms with Gasteiger partial charge in [-0.15, -0.1) is 23.2 Å². The Morgan fingerprint density at radius 1 is 1.22 bits per heavy atom. The van der Waals surface area contributed by atoms with Gasteiger partial charge in [-0.05, 0) is 12.3 Å². The molecule has 0 aliphatic rings. The highest BCUT2D eigenvalue weighted by molar-refractivity contribution is 6.44. The van der Waals surface area contributed by atoms with E-state index in [0.29, 0.717) is 5.92 Å². The molecule has 0 aromatic heterocycles. The van der Waals surface area contributed by atoms with Crippen LogP contribution in [-0.2, 0) is 0 Å². The van der Waals surface area contributed by atoms with Crippen LogP contribution in [0, 0.1) is 5.92 Å². The van der Waals surface area contributed by atoms with Gasteiger partial charge in [-0.1, -0.05) is 26.7 Å². The maximum Gasteiger partial charge on any atom is 0.110 e. The van der Waals surface area contributed by atoms with Crippen molar-refractivity contribution in [3.05, 3.63) is 0 Å². The zero-order chi connectivity index (χ0) is 7.28. The Kier molecular flexibility index (Phi) is 5.72. The molecule has 0 bridgehead atoms. The molecule has 56 valence electrons. The first kappa shape index (κ1) is 9.58. The highest BCUT2D eigenvalue weighted by Crippen LogP contribution is 2.22. The van der Waals surface area contributed by atoms with Crippen molar-refractivity contribution >= 4 is 23.2 Å². The summed E-state index contributed by atoms with van der Waals surface area (Å²) in [5, 5.41) is 0. The molecule has 0 nitrogen and oxygen atoms in total. The highest BCUT2D eigenvalue weighted by Gasteiger charge is 2.12. The molecule has 9 heavy (non-hydrogen) atoms. The minimum atomic E-state index is -0.171. The van der Waals surface area contributed by atoms with Crippen molar-refractivity contribution in [3.8, 4) is 0 Å². The summed E-state index contributed by atoms with van der Waals surface area (Å²) >= 11 is 11.4. The summed E-state index contributed by atoms with van der Waals surface area (Å²) in [7, 11) is 0. The van der Waals surface area contributed by atoms with E-state index in [4.69, 9.17) is 23.2 Å². The van der Waals surface area contributed by atoms with E-state index in [-0.39, 0.29) is 4.84 Å². The van der Waals surface area contributed by atoms with Crippen LogP contribution in [0.15, 0.2) is 0 Å². The maximum absolute atomic E-state index is 5.69. The van der Waals surface area contributed by atoms with Crippen LogP contribution in [0.25, 0.3) is 0 Å². The molecule has 0 saturated carbocycles. The summed E-state index contributed by atoms with van der Waals surface area (Å²) < 4.78 is 0. The van der Waals surface area contributed by atoms with Gasteiger partial charge >= 0.3 is 0 Å². The van der Waals surface area contributed by atoms with Crippen LogP contribution in [-0.4, -0.2) is 4.84 Å². The third-order valence-corrected chi connectivity index (χ3v) is 2.25. The monoisotopic (exact) mass is 168 g/mol. The van der Waals surface area contributed by atoms with Gasteiger partial charge in [0, 0.05) is 0 Å². The van der Waals surface area contributed by atoms with E-state index in [1.807, 2.05) is 0 Å². The van der Waals surface area contributed by atoms with Crippen LogP contribution in [0.5, 0.6) is 0 Å². The van der Waals surface area contributed by atoms with E-state index in [0.717, 1.165) is 12.8 Å². The van der Waals surface area contributed by atoms with Crippen LogP contribution in [0.4, 0.5) is 0 Å². The zero-order valence-electron chi connectivity index (χ0n) is 6.03. The average molecular weight is 169 g/mol. The minimum absolute atomic E-state index is 0.171. The van der Waals surface area contributed by atoms with E-state index < -0.39 is 0 Å². The predicted molar refractivity (Wildman–Crippen MR) is 44.2 cm³/mol. The summed E-state index contributed by atoms with van der Waals surface area (Å²) in [4.78, 5) is -0.171. The van der Waals surface area contributed by atoms with Crippen LogP contribution in [0.2, 0.25) is 0 Å². The lowest BCUT2D eigenvalue weighted by Crippen LogP contribution is -2.06. The molecule has 0 aromatic carbocycles. The lowest BCUT2D eigenvalue weighted by Gasteiger charge is -2.13. The average Bonchev–Trinajstić information content (AvgIpc) is 1.82. The fourth-order valence-corrected chi connectivity index (χ4v) is 1.49. The molecule has 0 rings (SSSR count). The summed E-state index contributed by atoms with van der Waals surface area (Å²) in [6, 6.07) is 0. The second-order valence-electron chi connectivity index (χ2n) is 2.29. The molecule has 0 radical (unpaired) electrons. The molecule has 0 spiro atoms. The standard InChI is InChI=1S/C7H14Cl2/c1-3-5-6(4-2)7(8)9/h6-7H,3-5H2,1-2H3. The van der Waals surface area contributed by atoms with Crippen molar-refractivity contribution in [2.45, 2.75) is 37.9 Å². The molecular weight excluding hydrogens is 155 g/mol. The largest absolute Gasteiger partial charge is 0.110 e. The quantitative estimate of drug-likeness (QED) is 0.564. The molecular formula is C7H14Cl2. The van der Waals surface area contributed by atoms with Crippen LogP contribution in [0.1, 0.15) is 33.1 Å². The number of hydrogen-bond acceptors (Lipinski definition) is 0. The number of halogens is 2. The summed E-state index contributed by atoms with van der Waals surface area (Å²) in [5.74, 6) is 0.498. The van der Waals surface area contributed by atoms with Gasteiger partial charge in [0.1, 0.15) is 4.84 Å². The molecule has 1 atom stereocenters. The number of hydrogen-bond donors (Lipinski definition) is 0. The third-order valence-electron chi connectivity index (χ3n) is 1.54. The topological polar surface area (TPSA) is 0 Å². The molecule has 0 aliphatic heterocycles. The van der Waals surface area contributed by atoms with Crippen molar-refractivity contribution in [1.82, 2.24) is 0 Å². The molecule has 2 heteroatoms. The van der Waals surface area contributed by atoms with Crippen molar-refractivity contribution < 1.29 is 0 Å². The van der Waals surface area contributed by atoms with Crippen LogP contribution in [0.3, 0.4) is 0 Å². The first-order valence-electron chi connectivity index (χ1n) is 3.50. The molecule has 0 heterocycles. The molecule has 0 amide bonds. The van der Waals surface area contributed by atoms with E-state index >= 15 is 0 Å². The van der Waals surface area contributed by atoms with Crippen molar-refractivity contribution in [3.63, 3.8) is 0 Å². The van der Waals surface area contributed by atoms with Crippen molar-refractivity contribution in [2.24, 2.45) is 5.92 Å². The second-order valence-corrected chi connectivity index (χ2v) is 3.46. The van der Waals surface area contributed by atoms with Gasteiger partial charge < -0.3 is 0 Å². The fourth-order valence-electron chi connectivity index (χ4n) is 0.879. The Bertz CT molecular complexity index is 61.9. The van der Waals surface area contributed by atoms with E-state index in [1.54, 1.807) is 0 Å². The van der Waals surface area contributed by atoms with Crippen LogP contribution >= 0.6 is 23.2 Å². The molecule has 0 fully saturated rings. The van der Waals surface area contributed by atoms with Crippen molar-refractivity contribution in [1.29, 1.82) is 0 Å². The Morgan fingerprint density at radius 2 is 1.78 bits per heavy atom. The molecule has 0 saturated heterocycles. The van der Waals surface area contributed by atoms with Gasteiger partial charge in [-0.2, -0.15) is 0 Å². The van der Waals surface area contributed by atoms with Gasteiger partial charge in [0.15, 0.2) is 0 Å². The molecule has 0 N–H and O–H groups in total. The van der Waals surface area contributed by atoms with Crippen LogP contribution < -0.4 is 0 Å². The van der Waals surface area contributed by atoms with Gasteiger partial charge in [-0.3, -0.25) is 0 Å². The third kappa shape index (κ3) is 4.05. The molecule has 1 unspecified atom stereocenters.